The molecule has 1 aromatic carbocycles. The predicted molar refractivity (Wildman–Crippen MR) is 72.5 cm³/mol. The van der Waals surface area contributed by atoms with Gasteiger partial charge in [0.1, 0.15) is 6.07 Å². The summed E-state index contributed by atoms with van der Waals surface area (Å²) in [5, 5.41) is 10.1. The smallest absolute Gasteiger partial charge is 0.101 e. The highest BCUT2D eigenvalue weighted by Gasteiger charge is 2.40. The third-order valence-electron chi connectivity index (χ3n) is 4.08. The van der Waals surface area contributed by atoms with Crippen LogP contribution in [0.25, 0.3) is 10.9 Å². The SMILES string of the molecule is CCN(C)C1CC1c1ccc2[nH]cc(C#N)c2c1. The monoisotopic (exact) mass is 239 g/mol. The second kappa shape index (κ2) is 4.15. The number of nitrogens with zero attached hydrogens (tertiary/aromatic N) is 2. The molecule has 1 N–H and O–H groups in total. The standard InChI is InChI=1S/C15H17N3/c1-3-18(2)15-7-13(15)10-4-5-14-12(6-10)11(8-16)9-17-14/h4-6,9,13,15,17H,3,7H2,1-2H3. The quantitative estimate of drug-likeness (QED) is 0.895. The molecule has 0 saturated heterocycles. The molecule has 2 unspecified atom stereocenters. The summed E-state index contributed by atoms with van der Waals surface area (Å²) in [5.74, 6) is 0.640. The van der Waals surface area contributed by atoms with Gasteiger partial charge in [-0.1, -0.05) is 13.0 Å². The lowest BCUT2D eigenvalue weighted by molar-refractivity contribution is 0.337. The predicted octanol–water partition coefficient (Wildman–Crippen LogP) is 2.85. The zero-order chi connectivity index (χ0) is 12.7. The molecule has 1 saturated carbocycles. The zero-order valence-electron chi connectivity index (χ0n) is 10.8. The Labute approximate surface area is 107 Å². The van der Waals surface area contributed by atoms with E-state index in [2.05, 4.69) is 48.1 Å². The topological polar surface area (TPSA) is 42.8 Å². The Kier molecular flexibility index (Phi) is 2.61. The van der Waals surface area contributed by atoms with Crippen molar-refractivity contribution in [3.05, 3.63) is 35.5 Å². The number of likely N-dealkylation sites (N-methyl/N-ethyl adjacent to an activating group) is 1. The number of fused-ring (bicyclic) bond motifs is 1. The fourth-order valence-electron chi connectivity index (χ4n) is 2.72. The normalized spacial score (nSPS) is 22.3. The Hall–Kier alpha value is -1.79. The molecular weight excluding hydrogens is 222 g/mol. The van der Waals surface area contributed by atoms with E-state index in [1.807, 2.05) is 0 Å². The number of aromatic nitrogens is 1. The minimum atomic E-state index is 0.640. The van der Waals surface area contributed by atoms with Crippen molar-refractivity contribution in [1.29, 1.82) is 5.26 Å². The van der Waals surface area contributed by atoms with Gasteiger partial charge >= 0.3 is 0 Å². The van der Waals surface area contributed by atoms with Gasteiger partial charge in [-0.2, -0.15) is 5.26 Å². The van der Waals surface area contributed by atoms with Crippen molar-refractivity contribution < 1.29 is 0 Å². The van der Waals surface area contributed by atoms with Crippen LogP contribution in [0.5, 0.6) is 0 Å². The lowest BCUT2D eigenvalue weighted by Crippen LogP contribution is -2.21. The first-order valence-corrected chi connectivity index (χ1v) is 6.46. The summed E-state index contributed by atoms with van der Waals surface area (Å²) >= 11 is 0. The highest BCUT2D eigenvalue weighted by molar-refractivity contribution is 5.86. The van der Waals surface area contributed by atoms with Gasteiger partial charge in [0.2, 0.25) is 0 Å². The molecule has 1 heterocycles. The summed E-state index contributed by atoms with van der Waals surface area (Å²) < 4.78 is 0. The average Bonchev–Trinajstić information content (AvgIpc) is 3.10. The van der Waals surface area contributed by atoms with Crippen LogP contribution in [0.2, 0.25) is 0 Å². The molecule has 3 nitrogen and oxygen atoms in total. The molecule has 1 aliphatic carbocycles. The number of hydrogen-bond acceptors (Lipinski definition) is 2. The van der Waals surface area contributed by atoms with E-state index in [1.54, 1.807) is 6.20 Å². The van der Waals surface area contributed by atoms with Crippen LogP contribution in [0.4, 0.5) is 0 Å². The largest absolute Gasteiger partial charge is 0.360 e. The van der Waals surface area contributed by atoms with Crippen molar-refractivity contribution in [2.75, 3.05) is 13.6 Å². The van der Waals surface area contributed by atoms with Gasteiger partial charge in [0, 0.05) is 29.1 Å². The molecule has 3 rings (SSSR count). The Bertz CT molecular complexity index is 620. The van der Waals surface area contributed by atoms with Crippen LogP contribution in [0.1, 0.15) is 30.4 Å². The van der Waals surface area contributed by atoms with Gasteiger partial charge < -0.3 is 9.88 Å². The summed E-state index contributed by atoms with van der Waals surface area (Å²) in [6, 6.07) is 9.38. The number of rotatable bonds is 3. The van der Waals surface area contributed by atoms with Gasteiger partial charge in [-0.15, -0.1) is 0 Å². The van der Waals surface area contributed by atoms with Crippen molar-refractivity contribution in [2.45, 2.75) is 25.3 Å². The first-order valence-electron chi connectivity index (χ1n) is 6.46. The van der Waals surface area contributed by atoms with E-state index in [1.165, 1.54) is 12.0 Å². The molecule has 1 fully saturated rings. The number of hydrogen-bond donors (Lipinski definition) is 1. The van der Waals surface area contributed by atoms with Gasteiger partial charge in [0.15, 0.2) is 0 Å². The Morgan fingerprint density at radius 2 is 2.33 bits per heavy atom. The Morgan fingerprint density at radius 3 is 3.06 bits per heavy atom. The van der Waals surface area contributed by atoms with Crippen molar-refractivity contribution in [1.82, 2.24) is 9.88 Å². The van der Waals surface area contributed by atoms with Crippen LogP contribution >= 0.6 is 0 Å². The molecule has 1 aromatic heterocycles. The zero-order valence-corrected chi connectivity index (χ0v) is 10.8. The van der Waals surface area contributed by atoms with Gasteiger partial charge in [0.05, 0.1) is 5.56 Å². The van der Waals surface area contributed by atoms with E-state index < -0.39 is 0 Å². The molecule has 0 radical (unpaired) electrons. The number of nitrogens with one attached hydrogen (secondary N) is 1. The Morgan fingerprint density at radius 1 is 1.50 bits per heavy atom. The maximum Gasteiger partial charge on any atom is 0.101 e. The lowest BCUT2D eigenvalue weighted by Gasteiger charge is -2.13. The minimum absolute atomic E-state index is 0.640. The van der Waals surface area contributed by atoms with Crippen molar-refractivity contribution >= 4 is 10.9 Å². The molecule has 3 heteroatoms. The summed E-state index contributed by atoms with van der Waals surface area (Å²) in [6.45, 7) is 3.29. The molecular formula is C15H17N3. The van der Waals surface area contributed by atoms with Crippen LogP contribution in [0, 0.1) is 11.3 Å². The van der Waals surface area contributed by atoms with E-state index in [-0.39, 0.29) is 0 Å². The van der Waals surface area contributed by atoms with Crippen LogP contribution in [-0.4, -0.2) is 29.5 Å². The molecule has 0 amide bonds. The van der Waals surface area contributed by atoms with Crippen LogP contribution in [0.3, 0.4) is 0 Å². The highest BCUT2D eigenvalue weighted by atomic mass is 15.2. The van der Waals surface area contributed by atoms with Crippen LogP contribution in [-0.2, 0) is 0 Å². The summed E-state index contributed by atoms with van der Waals surface area (Å²) in [5.41, 5.74) is 3.16. The molecule has 1 aliphatic rings. The van der Waals surface area contributed by atoms with Crippen molar-refractivity contribution in [2.24, 2.45) is 0 Å². The average molecular weight is 239 g/mol. The molecule has 92 valence electrons. The fourth-order valence-corrected chi connectivity index (χ4v) is 2.72. The van der Waals surface area contributed by atoms with Crippen molar-refractivity contribution in [3.63, 3.8) is 0 Å². The molecule has 2 aromatic rings. The molecule has 18 heavy (non-hydrogen) atoms. The number of benzene rings is 1. The molecule has 0 aliphatic heterocycles. The van der Waals surface area contributed by atoms with Crippen molar-refractivity contribution in [3.8, 4) is 6.07 Å². The number of H-pyrrole nitrogens is 1. The Balaban J connectivity index is 1.93. The number of nitriles is 1. The van der Waals surface area contributed by atoms with Gasteiger partial charge in [-0.05, 0) is 37.7 Å². The van der Waals surface area contributed by atoms with Gasteiger partial charge in [-0.3, -0.25) is 0 Å². The van der Waals surface area contributed by atoms with E-state index in [0.29, 0.717) is 12.0 Å². The van der Waals surface area contributed by atoms with E-state index in [9.17, 15) is 0 Å². The number of aromatic amines is 1. The lowest BCUT2D eigenvalue weighted by atomic mass is 10.1. The third kappa shape index (κ3) is 1.70. The molecule has 2 atom stereocenters. The van der Waals surface area contributed by atoms with Gasteiger partial charge in [0.25, 0.3) is 0 Å². The van der Waals surface area contributed by atoms with E-state index in [0.717, 1.165) is 23.0 Å². The molecule has 0 bridgehead atoms. The first kappa shape index (κ1) is 11.3. The second-order valence-electron chi connectivity index (χ2n) is 5.10. The second-order valence-corrected chi connectivity index (χ2v) is 5.10. The summed E-state index contributed by atoms with van der Waals surface area (Å²) in [6.07, 6.45) is 3.03. The van der Waals surface area contributed by atoms with Crippen LogP contribution in [0.15, 0.2) is 24.4 Å². The van der Waals surface area contributed by atoms with Gasteiger partial charge in [-0.25, -0.2) is 0 Å². The summed E-state index contributed by atoms with van der Waals surface area (Å²) in [7, 11) is 2.18. The summed E-state index contributed by atoms with van der Waals surface area (Å²) in [4.78, 5) is 5.54. The maximum absolute atomic E-state index is 9.07. The van der Waals surface area contributed by atoms with E-state index in [4.69, 9.17) is 5.26 Å². The van der Waals surface area contributed by atoms with Crippen LogP contribution < -0.4 is 0 Å². The fraction of sp³-hybridized carbons (Fsp3) is 0.400. The minimum Gasteiger partial charge on any atom is -0.360 e. The maximum atomic E-state index is 9.07. The highest BCUT2D eigenvalue weighted by Crippen LogP contribution is 2.44. The third-order valence-corrected chi connectivity index (χ3v) is 4.08. The van der Waals surface area contributed by atoms with E-state index >= 15 is 0 Å². The first-order chi connectivity index (χ1) is 8.74. The molecule has 0 spiro atoms.